The van der Waals surface area contributed by atoms with Crippen LogP contribution in [0.25, 0.3) is 0 Å². The van der Waals surface area contributed by atoms with E-state index in [0.717, 1.165) is 19.3 Å². The first kappa shape index (κ1) is 28.8. The van der Waals surface area contributed by atoms with E-state index in [2.05, 4.69) is 10.6 Å². The third kappa shape index (κ3) is 8.94. The minimum Gasteiger partial charge on any atom is -0.508 e. The van der Waals surface area contributed by atoms with Crippen molar-refractivity contribution in [2.24, 2.45) is 0 Å². The normalized spacial score (nSPS) is 16.0. The van der Waals surface area contributed by atoms with E-state index in [0.29, 0.717) is 17.7 Å². The van der Waals surface area contributed by atoms with Crippen molar-refractivity contribution in [3.63, 3.8) is 0 Å². The van der Waals surface area contributed by atoms with Crippen LogP contribution >= 0.6 is 11.8 Å². The molecular weight excluding hydrogens is 466 g/mol. The maximum absolute atomic E-state index is 14.1. The first-order chi connectivity index (χ1) is 16.2. The standard InChI is InChI=1S/C26H41N3O5S/c1-25(2,3)28-22(31)21(17-10-8-13-19(30)16-17)29(18-11-9-12-18)23(32)20(14-15-35-7)27-24(33)34-26(4,5)6/h8,10,13,16,18,20-21,30H,9,11-12,14-15H2,1-7H3,(H,27,33)(H,28,31). The van der Waals surface area contributed by atoms with Crippen LogP contribution in [-0.4, -0.2) is 63.1 Å². The van der Waals surface area contributed by atoms with E-state index < -0.39 is 29.3 Å². The molecule has 2 unspecified atom stereocenters. The van der Waals surface area contributed by atoms with Gasteiger partial charge in [-0.2, -0.15) is 11.8 Å². The Kier molecular flexibility index (Phi) is 9.89. The quantitative estimate of drug-likeness (QED) is 0.458. The zero-order valence-electron chi connectivity index (χ0n) is 22.0. The molecule has 0 aliphatic heterocycles. The molecule has 196 valence electrons. The zero-order valence-corrected chi connectivity index (χ0v) is 22.8. The number of benzene rings is 1. The molecule has 1 saturated carbocycles. The van der Waals surface area contributed by atoms with Crippen LogP contribution in [0.5, 0.6) is 5.75 Å². The highest BCUT2D eigenvalue weighted by Gasteiger charge is 2.42. The molecule has 3 N–H and O–H groups in total. The second kappa shape index (κ2) is 12.0. The first-order valence-electron chi connectivity index (χ1n) is 12.1. The fraction of sp³-hybridized carbons (Fsp3) is 0.654. The molecule has 9 heteroatoms. The SMILES string of the molecule is CSCCC(NC(=O)OC(C)(C)C)C(=O)N(C1CCC1)C(C(=O)NC(C)(C)C)c1cccc(O)c1. The number of carbonyl (C=O) groups excluding carboxylic acids is 3. The number of alkyl carbamates (subject to hydrolysis) is 1. The van der Waals surface area contributed by atoms with Crippen molar-refractivity contribution in [1.82, 2.24) is 15.5 Å². The Hall–Kier alpha value is -2.42. The fourth-order valence-corrected chi connectivity index (χ4v) is 4.35. The van der Waals surface area contributed by atoms with E-state index >= 15 is 0 Å². The van der Waals surface area contributed by atoms with Crippen molar-refractivity contribution < 1.29 is 24.2 Å². The number of phenolic OH excluding ortho intramolecular Hbond substituents is 1. The molecule has 0 radical (unpaired) electrons. The van der Waals surface area contributed by atoms with Gasteiger partial charge in [-0.1, -0.05) is 12.1 Å². The molecule has 35 heavy (non-hydrogen) atoms. The summed E-state index contributed by atoms with van der Waals surface area (Å²) in [5, 5.41) is 15.9. The van der Waals surface area contributed by atoms with Crippen LogP contribution in [0.3, 0.4) is 0 Å². The Morgan fingerprint density at radius 1 is 1.17 bits per heavy atom. The highest BCUT2D eigenvalue weighted by atomic mass is 32.2. The number of ether oxygens (including phenoxy) is 1. The van der Waals surface area contributed by atoms with Crippen molar-refractivity contribution in [3.05, 3.63) is 29.8 Å². The molecule has 2 atom stereocenters. The summed E-state index contributed by atoms with van der Waals surface area (Å²) in [7, 11) is 0. The number of hydrogen-bond acceptors (Lipinski definition) is 6. The summed E-state index contributed by atoms with van der Waals surface area (Å²) in [6.07, 6.45) is 4.16. The van der Waals surface area contributed by atoms with Gasteiger partial charge in [0, 0.05) is 11.6 Å². The number of hydrogen-bond donors (Lipinski definition) is 3. The van der Waals surface area contributed by atoms with Crippen LogP contribution in [0.1, 0.15) is 78.8 Å². The largest absolute Gasteiger partial charge is 0.508 e. The van der Waals surface area contributed by atoms with Gasteiger partial charge in [-0.3, -0.25) is 9.59 Å². The minimum atomic E-state index is -0.948. The lowest BCUT2D eigenvalue weighted by Crippen LogP contribution is -2.58. The van der Waals surface area contributed by atoms with Crippen LogP contribution in [0, 0.1) is 0 Å². The molecule has 8 nitrogen and oxygen atoms in total. The molecule has 0 saturated heterocycles. The van der Waals surface area contributed by atoms with E-state index in [1.54, 1.807) is 49.6 Å². The van der Waals surface area contributed by atoms with Crippen molar-refractivity contribution >= 4 is 29.7 Å². The molecule has 0 aromatic heterocycles. The summed E-state index contributed by atoms with van der Waals surface area (Å²) >= 11 is 1.57. The molecule has 2 rings (SSSR count). The molecule has 1 aromatic carbocycles. The van der Waals surface area contributed by atoms with Gasteiger partial charge in [0.25, 0.3) is 0 Å². The number of rotatable bonds is 9. The second-order valence-corrected chi connectivity index (χ2v) is 12.0. The van der Waals surface area contributed by atoms with Gasteiger partial charge >= 0.3 is 6.09 Å². The van der Waals surface area contributed by atoms with Gasteiger partial charge in [-0.25, -0.2) is 4.79 Å². The number of carbonyl (C=O) groups is 3. The van der Waals surface area contributed by atoms with E-state index in [1.807, 2.05) is 27.0 Å². The lowest BCUT2D eigenvalue weighted by atomic mass is 9.87. The predicted molar refractivity (Wildman–Crippen MR) is 139 cm³/mol. The Labute approximate surface area is 213 Å². The van der Waals surface area contributed by atoms with Gasteiger partial charge in [0.15, 0.2) is 0 Å². The van der Waals surface area contributed by atoms with Crippen molar-refractivity contribution in [3.8, 4) is 5.75 Å². The van der Waals surface area contributed by atoms with E-state index in [9.17, 15) is 19.5 Å². The van der Waals surface area contributed by atoms with E-state index in [1.165, 1.54) is 12.1 Å². The van der Waals surface area contributed by atoms with Crippen LogP contribution < -0.4 is 10.6 Å². The highest BCUT2D eigenvalue weighted by molar-refractivity contribution is 7.98. The maximum atomic E-state index is 14.1. The minimum absolute atomic E-state index is 0.0166. The van der Waals surface area contributed by atoms with Crippen LogP contribution in [0.4, 0.5) is 4.79 Å². The summed E-state index contributed by atoms with van der Waals surface area (Å²) in [5.41, 5.74) is -0.706. The van der Waals surface area contributed by atoms with E-state index in [4.69, 9.17) is 4.74 Å². The number of nitrogens with zero attached hydrogens (tertiary/aromatic N) is 1. The van der Waals surface area contributed by atoms with Crippen molar-refractivity contribution in [2.45, 2.75) is 96.5 Å². The Morgan fingerprint density at radius 2 is 1.83 bits per heavy atom. The van der Waals surface area contributed by atoms with Gasteiger partial charge < -0.3 is 25.4 Å². The summed E-state index contributed by atoms with van der Waals surface area (Å²) in [4.78, 5) is 41.9. The molecule has 0 spiro atoms. The second-order valence-electron chi connectivity index (χ2n) is 11.0. The van der Waals surface area contributed by atoms with E-state index in [-0.39, 0.29) is 23.6 Å². The fourth-order valence-electron chi connectivity index (χ4n) is 3.88. The Morgan fingerprint density at radius 3 is 2.31 bits per heavy atom. The van der Waals surface area contributed by atoms with Gasteiger partial charge in [-0.05, 0) is 96.9 Å². The third-order valence-electron chi connectivity index (χ3n) is 5.53. The number of phenols is 1. The van der Waals surface area contributed by atoms with Crippen LogP contribution in [0.15, 0.2) is 24.3 Å². The lowest BCUT2D eigenvalue weighted by Gasteiger charge is -2.44. The third-order valence-corrected chi connectivity index (χ3v) is 6.18. The van der Waals surface area contributed by atoms with Gasteiger partial charge in [-0.15, -0.1) is 0 Å². The van der Waals surface area contributed by atoms with Gasteiger partial charge in [0.2, 0.25) is 11.8 Å². The molecular formula is C26H41N3O5S. The lowest BCUT2D eigenvalue weighted by molar-refractivity contribution is -0.148. The van der Waals surface area contributed by atoms with Crippen molar-refractivity contribution in [1.29, 1.82) is 0 Å². The molecule has 1 fully saturated rings. The number of nitrogens with one attached hydrogen (secondary N) is 2. The average molecular weight is 508 g/mol. The van der Waals surface area contributed by atoms with Crippen molar-refractivity contribution in [2.75, 3.05) is 12.0 Å². The number of aromatic hydroxyl groups is 1. The Balaban J connectivity index is 2.48. The van der Waals surface area contributed by atoms with Crippen LogP contribution in [0.2, 0.25) is 0 Å². The maximum Gasteiger partial charge on any atom is 0.408 e. The summed E-state index contributed by atoms with van der Waals surface area (Å²) in [5.74, 6) is 0.00880. The summed E-state index contributed by atoms with van der Waals surface area (Å²) in [6.45, 7) is 10.9. The first-order valence-corrected chi connectivity index (χ1v) is 13.5. The summed E-state index contributed by atoms with van der Waals surface area (Å²) < 4.78 is 5.41. The smallest absolute Gasteiger partial charge is 0.408 e. The topological polar surface area (TPSA) is 108 Å². The number of amides is 3. The summed E-state index contributed by atoms with van der Waals surface area (Å²) in [6, 6.07) is 4.52. The molecule has 0 heterocycles. The predicted octanol–water partition coefficient (Wildman–Crippen LogP) is 4.38. The Bertz CT molecular complexity index is 890. The molecule has 3 amide bonds. The highest BCUT2D eigenvalue weighted by Crippen LogP contribution is 2.35. The van der Waals surface area contributed by atoms with Crippen LogP contribution in [-0.2, 0) is 14.3 Å². The molecule has 1 aromatic rings. The average Bonchev–Trinajstić information content (AvgIpc) is 2.66. The zero-order chi connectivity index (χ0) is 26.4. The number of thioether (sulfide) groups is 1. The van der Waals surface area contributed by atoms with Gasteiger partial charge in [0.05, 0.1) is 0 Å². The van der Waals surface area contributed by atoms with Gasteiger partial charge in [0.1, 0.15) is 23.4 Å². The molecule has 0 bridgehead atoms. The molecule has 1 aliphatic carbocycles. The molecule has 1 aliphatic rings. The monoisotopic (exact) mass is 507 g/mol.